The molecule has 6 nitrogen and oxygen atoms in total. The first-order valence-corrected chi connectivity index (χ1v) is 10.8. The van der Waals surface area contributed by atoms with Gasteiger partial charge < -0.3 is 14.4 Å². The SMILES string of the molecule is CCc1nccn1CCC(=O)N1CCCC12CCCN(Cc1ccccc1)C2=O. The zero-order chi connectivity index (χ0) is 20.3. The number of nitrogens with zero attached hydrogens (tertiary/aromatic N) is 4. The summed E-state index contributed by atoms with van der Waals surface area (Å²) in [6.07, 6.45) is 8.40. The molecule has 2 aliphatic rings. The highest BCUT2D eigenvalue weighted by molar-refractivity contribution is 5.92. The number of rotatable bonds is 6. The molecule has 1 aromatic carbocycles. The van der Waals surface area contributed by atoms with Gasteiger partial charge in [0.25, 0.3) is 0 Å². The van der Waals surface area contributed by atoms with E-state index in [2.05, 4.69) is 24.0 Å². The van der Waals surface area contributed by atoms with E-state index in [-0.39, 0.29) is 11.8 Å². The van der Waals surface area contributed by atoms with Gasteiger partial charge in [-0.1, -0.05) is 37.3 Å². The van der Waals surface area contributed by atoms with Gasteiger partial charge in [0, 0.05) is 51.4 Å². The fourth-order valence-electron chi connectivity index (χ4n) is 4.95. The lowest BCUT2D eigenvalue weighted by Crippen LogP contribution is -2.61. The number of benzene rings is 1. The Morgan fingerprint density at radius 3 is 2.66 bits per heavy atom. The molecule has 6 heteroatoms. The Kier molecular flexibility index (Phi) is 5.69. The molecule has 0 N–H and O–H groups in total. The van der Waals surface area contributed by atoms with Crippen LogP contribution in [0.2, 0.25) is 0 Å². The number of carbonyl (C=O) groups excluding carboxylic acids is 2. The Hall–Kier alpha value is -2.63. The summed E-state index contributed by atoms with van der Waals surface area (Å²) >= 11 is 0. The summed E-state index contributed by atoms with van der Waals surface area (Å²) in [6.45, 7) is 4.77. The molecule has 0 bridgehead atoms. The van der Waals surface area contributed by atoms with E-state index in [4.69, 9.17) is 0 Å². The molecule has 2 aromatic rings. The van der Waals surface area contributed by atoms with Gasteiger partial charge in [0.2, 0.25) is 11.8 Å². The molecule has 3 heterocycles. The molecular weight excluding hydrogens is 364 g/mol. The van der Waals surface area contributed by atoms with Crippen molar-refractivity contribution in [2.75, 3.05) is 13.1 Å². The molecule has 1 unspecified atom stereocenters. The third-order valence-corrected chi connectivity index (χ3v) is 6.39. The molecule has 1 aromatic heterocycles. The lowest BCUT2D eigenvalue weighted by Gasteiger charge is -2.44. The van der Waals surface area contributed by atoms with Gasteiger partial charge in [-0.25, -0.2) is 4.98 Å². The number of hydrogen-bond acceptors (Lipinski definition) is 3. The Morgan fingerprint density at radius 1 is 1.14 bits per heavy atom. The molecular formula is C23H30N4O2. The van der Waals surface area contributed by atoms with E-state index in [1.165, 1.54) is 0 Å². The van der Waals surface area contributed by atoms with Gasteiger partial charge >= 0.3 is 0 Å². The summed E-state index contributed by atoms with van der Waals surface area (Å²) in [5.74, 6) is 1.22. The molecule has 154 valence electrons. The molecule has 0 saturated carbocycles. The van der Waals surface area contributed by atoms with Crippen molar-refractivity contribution >= 4 is 11.8 Å². The van der Waals surface area contributed by atoms with Crippen molar-refractivity contribution in [3.63, 3.8) is 0 Å². The summed E-state index contributed by atoms with van der Waals surface area (Å²) in [5, 5.41) is 0. The van der Waals surface area contributed by atoms with Crippen molar-refractivity contribution in [2.24, 2.45) is 0 Å². The lowest BCUT2D eigenvalue weighted by molar-refractivity contribution is -0.156. The van der Waals surface area contributed by atoms with Crippen LogP contribution in [-0.2, 0) is 29.1 Å². The molecule has 2 amide bonds. The van der Waals surface area contributed by atoms with E-state index in [0.29, 0.717) is 26.1 Å². The van der Waals surface area contributed by atoms with Gasteiger partial charge in [0.05, 0.1) is 0 Å². The van der Waals surface area contributed by atoms with Gasteiger partial charge in [0.1, 0.15) is 11.4 Å². The Bertz CT molecular complexity index is 863. The number of piperidine rings is 1. The highest BCUT2D eigenvalue weighted by Gasteiger charge is 2.52. The topological polar surface area (TPSA) is 58.4 Å². The number of hydrogen-bond donors (Lipinski definition) is 0. The Morgan fingerprint density at radius 2 is 1.90 bits per heavy atom. The fourth-order valence-corrected chi connectivity index (χ4v) is 4.95. The number of likely N-dealkylation sites (tertiary alicyclic amines) is 2. The fraction of sp³-hybridized carbons (Fsp3) is 0.522. The average Bonchev–Trinajstić information content (AvgIpc) is 3.38. The molecule has 29 heavy (non-hydrogen) atoms. The zero-order valence-corrected chi connectivity index (χ0v) is 17.2. The van der Waals surface area contributed by atoms with Crippen LogP contribution in [0, 0.1) is 0 Å². The van der Waals surface area contributed by atoms with Crippen LogP contribution in [0.1, 0.15) is 50.4 Å². The van der Waals surface area contributed by atoms with Crippen LogP contribution in [0.15, 0.2) is 42.7 Å². The van der Waals surface area contributed by atoms with Crippen LogP contribution in [0.3, 0.4) is 0 Å². The van der Waals surface area contributed by atoms with Crippen LogP contribution in [0.4, 0.5) is 0 Å². The van der Waals surface area contributed by atoms with Crippen molar-refractivity contribution in [3.8, 4) is 0 Å². The first-order chi connectivity index (χ1) is 14.1. The molecule has 0 aliphatic carbocycles. The number of aryl methyl sites for hydroxylation is 2. The second-order valence-corrected chi connectivity index (χ2v) is 8.14. The van der Waals surface area contributed by atoms with Crippen molar-refractivity contribution < 1.29 is 9.59 Å². The molecule has 2 fully saturated rings. The van der Waals surface area contributed by atoms with Gasteiger partial charge in [-0.05, 0) is 31.2 Å². The van der Waals surface area contributed by atoms with E-state index in [1.807, 2.05) is 38.8 Å². The predicted molar refractivity (Wildman–Crippen MR) is 111 cm³/mol. The monoisotopic (exact) mass is 394 g/mol. The third kappa shape index (κ3) is 3.80. The summed E-state index contributed by atoms with van der Waals surface area (Å²) in [4.78, 5) is 34.8. The largest absolute Gasteiger partial charge is 0.336 e. The van der Waals surface area contributed by atoms with E-state index >= 15 is 0 Å². The van der Waals surface area contributed by atoms with Crippen molar-refractivity contribution in [1.29, 1.82) is 0 Å². The molecule has 1 atom stereocenters. The highest BCUT2D eigenvalue weighted by atomic mass is 16.2. The lowest BCUT2D eigenvalue weighted by atomic mass is 9.85. The minimum absolute atomic E-state index is 0.0909. The van der Waals surface area contributed by atoms with E-state index < -0.39 is 5.54 Å². The minimum atomic E-state index is -0.632. The van der Waals surface area contributed by atoms with Gasteiger partial charge in [-0.15, -0.1) is 0 Å². The first-order valence-electron chi connectivity index (χ1n) is 10.8. The number of amides is 2. The standard InChI is InChI=1S/C23H30N4O2/c1-2-20-24-13-17-25(20)16-10-21(28)27-15-7-12-23(27)11-6-14-26(22(23)29)18-19-8-4-3-5-9-19/h3-5,8-9,13,17H,2,6-7,10-12,14-16,18H2,1H3. The zero-order valence-electron chi connectivity index (χ0n) is 17.2. The van der Waals surface area contributed by atoms with E-state index in [1.54, 1.807) is 6.20 Å². The molecule has 1 spiro atoms. The molecule has 2 aliphatic heterocycles. The maximum absolute atomic E-state index is 13.5. The molecule has 4 rings (SSSR count). The summed E-state index contributed by atoms with van der Waals surface area (Å²) in [7, 11) is 0. The molecule has 2 saturated heterocycles. The highest BCUT2D eigenvalue weighted by Crippen LogP contribution is 2.39. The number of aromatic nitrogens is 2. The van der Waals surface area contributed by atoms with Crippen molar-refractivity contribution in [1.82, 2.24) is 19.4 Å². The predicted octanol–water partition coefficient (Wildman–Crippen LogP) is 3.02. The van der Waals surface area contributed by atoms with E-state index in [9.17, 15) is 9.59 Å². The van der Waals surface area contributed by atoms with Gasteiger partial charge in [-0.3, -0.25) is 9.59 Å². The second-order valence-electron chi connectivity index (χ2n) is 8.14. The van der Waals surface area contributed by atoms with Crippen LogP contribution < -0.4 is 0 Å². The quantitative estimate of drug-likeness (QED) is 0.757. The number of carbonyl (C=O) groups is 2. The van der Waals surface area contributed by atoms with Crippen LogP contribution in [-0.4, -0.2) is 49.8 Å². The van der Waals surface area contributed by atoms with Crippen LogP contribution in [0.25, 0.3) is 0 Å². The van der Waals surface area contributed by atoms with Crippen molar-refractivity contribution in [3.05, 3.63) is 54.1 Å². The summed E-state index contributed by atoms with van der Waals surface area (Å²) in [6, 6.07) is 10.1. The summed E-state index contributed by atoms with van der Waals surface area (Å²) in [5.41, 5.74) is 0.507. The smallest absolute Gasteiger partial charge is 0.248 e. The second kappa shape index (κ2) is 8.39. The van der Waals surface area contributed by atoms with Crippen LogP contribution >= 0.6 is 0 Å². The minimum Gasteiger partial charge on any atom is -0.336 e. The van der Waals surface area contributed by atoms with Gasteiger partial charge in [-0.2, -0.15) is 0 Å². The maximum atomic E-state index is 13.5. The Balaban J connectivity index is 1.46. The van der Waals surface area contributed by atoms with Crippen molar-refractivity contribution in [2.45, 2.75) is 64.1 Å². The average molecular weight is 395 g/mol. The van der Waals surface area contributed by atoms with Crippen LogP contribution in [0.5, 0.6) is 0 Å². The first kappa shape index (κ1) is 19.7. The Labute approximate surface area is 172 Å². The third-order valence-electron chi connectivity index (χ3n) is 6.39. The summed E-state index contributed by atoms with van der Waals surface area (Å²) < 4.78 is 2.05. The maximum Gasteiger partial charge on any atom is 0.248 e. The van der Waals surface area contributed by atoms with Gasteiger partial charge in [0.15, 0.2) is 0 Å². The normalized spacial score (nSPS) is 21.9. The molecule has 0 radical (unpaired) electrons. The van der Waals surface area contributed by atoms with E-state index in [0.717, 1.165) is 50.0 Å². The number of imidazole rings is 1.